The number of benzene rings is 2. The predicted octanol–water partition coefficient (Wildman–Crippen LogP) is 5.54. The molecule has 1 N–H and O–H groups in total. The van der Waals surface area contributed by atoms with Gasteiger partial charge in [-0.2, -0.15) is 13.2 Å². The van der Waals surface area contributed by atoms with E-state index in [1.165, 1.54) is 12.1 Å². The van der Waals surface area contributed by atoms with Gasteiger partial charge in [-0.1, -0.05) is 42.5 Å². The van der Waals surface area contributed by atoms with Crippen molar-refractivity contribution < 1.29 is 18.0 Å². The minimum atomic E-state index is -4.44. The number of hydrogen-bond acceptors (Lipinski definition) is 3. The first-order chi connectivity index (χ1) is 12.8. The summed E-state index contributed by atoms with van der Waals surface area (Å²) < 4.78 is 38.4. The minimum absolute atomic E-state index is 0.130. The Bertz CT molecular complexity index is 947. The summed E-state index contributed by atoms with van der Waals surface area (Å²) in [5.74, 6) is -0.327. The first kappa shape index (κ1) is 19.0. The maximum absolute atomic E-state index is 12.8. The van der Waals surface area contributed by atoms with Gasteiger partial charge < -0.3 is 5.32 Å². The number of alkyl halides is 3. The first-order valence-corrected chi connectivity index (χ1v) is 8.83. The molecule has 1 amide bonds. The van der Waals surface area contributed by atoms with Crippen LogP contribution in [-0.2, 0) is 11.0 Å². The van der Waals surface area contributed by atoms with E-state index >= 15 is 0 Å². The standard InChI is InChI=1S/C20H15F3N2OS/c1-13(10-14-6-3-2-4-7-14)11-17-18(26)25-19(27-17)24-16-9-5-8-15(12-16)20(21,22)23/h2-12H,1H3,(H,24,25,26)/b13-10+,17-11+. The third kappa shape index (κ3) is 5.10. The Morgan fingerprint density at radius 1 is 1.11 bits per heavy atom. The Balaban J connectivity index is 1.79. The van der Waals surface area contributed by atoms with Gasteiger partial charge in [0.15, 0.2) is 5.17 Å². The van der Waals surface area contributed by atoms with Gasteiger partial charge in [-0.15, -0.1) is 0 Å². The molecule has 0 radical (unpaired) electrons. The molecule has 0 spiro atoms. The van der Waals surface area contributed by atoms with E-state index in [-0.39, 0.29) is 16.8 Å². The summed E-state index contributed by atoms with van der Waals surface area (Å²) in [5, 5.41) is 2.83. The van der Waals surface area contributed by atoms with Gasteiger partial charge in [0.05, 0.1) is 16.2 Å². The van der Waals surface area contributed by atoms with Crippen LogP contribution in [0.5, 0.6) is 0 Å². The molecule has 2 aromatic carbocycles. The van der Waals surface area contributed by atoms with Crippen LogP contribution < -0.4 is 5.32 Å². The monoisotopic (exact) mass is 388 g/mol. The van der Waals surface area contributed by atoms with Crippen LogP contribution in [0.1, 0.15) is 18.1 Å². The highest BCUT2D eigenvalue weighted by atomic mass is 32.2. The van der Waals surface area contributed by atoms with Gasteiger partial charge in [0.2, 0.25) is 0 Å². The molecule has 0 atom stereocenters. The number of nitrogens with zero attached hydrogens (tertiary/aromatic N) is 1. The summed E-state index contributed by atoms with van der Waals surface area (Å²) in [6, 6.07) is 14.3. The van der Waals surface area contributed by atoms with E-state index in [0.29, 0.717) is 4.91 Å². The van der Waals surface area contributed by atoms with Crippen LogP contribution in [0.15, 0.2) is 76.1 Å². The molecule has 0 aliphatic carbocycles. The molecule has 138 valence electrons. The summed E-state index contributed by atoms with van der Waals surface area (Å²) >= 11 is 1.09. The van der Waals surface area contributed by atoms with E-state index in [1.54, 1.807) is 6.08 Å². The molecule has 3 rings (SSSR count). The lowest BCUT2D eigenvalue weighted by atomic mass is 10.1. The molecular formula is C20H15F3N2OS. The number of allylic oxidation sites excluding steroid dienone is 2. The number of rotatable bonds is 3. The van der Waals surface area contributed by atoms with Gasteiger partial charge in [0.25, 0.3) is 5.91 Å². The Morgan fingerprint density at radius 2 is 1.85 bits per heavy atom. The van der Waals surface area contributed by atoms with Gasteiger partial charge in [-0.25, -0.2) is 4.99 Å². The molecule has 0 saturated carbocycles. The zero-order chi connectivity index (χ0) is 19.4. The molecule has 1 fully saturated rings. The Morgan fingerprint density at radius 3 is 2.56 bits per heavy atom. The van der Waals surface area contributed by atoms with Crippen molar-refractivity contribution in [2.24, 2.45) is 4.99 Å². The van der Waals surface area contributed by atoms with Gasteiger partial charge >= 0.3 is 6.18 Å². The zero-order valence-electron chi connectivity index (χ0n) is 14.2. The van der Waals surface area contributed by atoms with E-state index in [0.717, 1.165) is 35.0 Å². The lowest BCUT2D eigenvalue weighted by molar-refractivity contribution is -0.137. The van der Waals surface area contributed by atoms with E-state index in [9.17, 15) is 18.0 Å². The number of amides is 1. The van der Waals surface area contributed by atoms with Crippen LogP contribution in [0.2, 0.25) is 0 Å². The van der Waals surface area contributed by atoms with Crippen molar-refractivity contribution in [3.63, 3.8) is 0 Å². The number of aliphatic imine (C=N–C) groups is 1. The third-order valence-corrected chi connectivity index (χ3v) is 4.52. The summed E-state index contributed by atoms with van der Waals surface area (Å²) in [4.78, 5) is 16.6. The van der Waals surface area contributed by atoms with Gasteiger partial charge in [-0.3, -0.25) is 4.79 Å². The predicted molar refractivity (Wildman–Crippen MR) is 102 cm³/mol. The van der Waals surface area contributed by atoms with Crippen molar-refractivity contribution in [3.8, 4) is 0 Å². The van der Waals surface area contributed by atoms with E-state index < -0.39 is 11.7 Å². The summed E-state index contributed by atoms with van der Waals surface area (Å²) in [6.07, 6.45) is -0.781. The number of carbonyl (C=O) groups excluding carboxylic acids is 1. The minimum Gasteiger partial charge on any atom is -0.300 e. The number of hydrogen-bond donors (Lipinski definition) is 1. The molecule has 0 aromatic heterocycles. The van der Waals surface area contributed by atoms with Crippen LogP contribution in [0, 0.1) is 0 Å². The van der Waals surface area contributed by atoms with Crippen LogP contribution >= 0.6 is 11.8 Å². The average Bonchev–Trinajstić information content (AvgIpc) is 2.94. The number of amidine groups is 1. The summed E-state index contributed by atoms with van der Waals surface area (Å²) in [7, 11) is 0. The molecule has 1 heterocycles. The van der Waals surface area contributed by atoms with Crippen molar-refractivity contribution in [2.75, 3.05) is 0 Å². The lowest BCUT2D eigenvalue weighted by Gasteiger charge is -2.06. The molecule has 7 heteroatoms. The molecule has 3 nitrogen and oxygen atoms in total. The van der Waals surface area contributed by atoms with Crippen molar-refractivity contribution in [2.45, 2.75) is 13.1 Å². The lowest BCUT2D eigenvalue weighted by Crippen LogP contribution is -2.19. The Labute approximate surface area is 158 Å². The van der Waals surface area contributed by atoms with Gasteiger partial charge in [-0.05, 0) is 54.1 Å². The normalized spacial score (nSPS) is 18.2. The topological polar surface area (TPSA) is 41.5 Å². The molecule has 0 bridgehead atoms. The number of carbonyl (C=O) groups is 1. The molecule has 0 unspecified atom stereocenters. The highest BCUT2D eigenvalue weighted by molar-refractivity contribution is 8.18. The smallest absolute Gasteiger partial charge is 0.300 e. The maximum atomic E-state index is 12.8. The molecular weight excluding hydrogens is 373 g/mol. The fraction of sp³-hybridized carbons (Fsp3) is 0.100. The molecule has 1 aliphatic rings. The second-order valence-electron chi connectivity index (χ2n) is 5.83. The van der Waals surface area contributed by atoms with Gasteiger partial charge in [0.1, 0.15) is 0 Å². The van der Waals surface area contributed by atoms with E-state index in [2.05, 4.69) is 10.3 Å². The highest BCUT2D eigenvalue weighted by Gasteiger charge is 2.30. The van der Waals surface area contributed by atoms with Crippen LogP contribution in [0.25, 0.3) is 6.08 Å². The SMILES string of the molecule is CC(=C\c1ccccc1)/C=C1/SC(=Nc2cccc(C(F)(F)F)c2)NC1=O. The average molecular weight is 388 g/mol. The number of thioether (sulfide) groups is 1. The van der Waals surface area contributed by atoms with E-state index in [4.69, 9.17) is 0 Å². The van der Waals surface area contributed by atoms with Crippen molar-refractivity contribution in [3.05, 3.63) is 82.3 Å². The maximum Gasteiger partial charge on any atom is 0.416 e. The number of halogens is 3. The third-order valence-electron chi connectivity index (χ3n) is 3.61. The molecule has 27 heavy (non-hydrogen) atoms. The second kappa shape index (κ2) is 7.84. The van der Waals surface area contributed by atoms with Crippen molar-refractivity contribution >= 4 is 34.6 Å². The van der Waals surface area contributed by atoms with Crippen LogP contribution in [0.3, 0.4) is 0 Å². The largest absolute Gasteiger partial charge is 0.416 e. The highest BCUT2D eigenvalue weighted by Crippen LogP contribution is 2.33. The first-order valence-electron chi connectivity index (χ1n) is 8.01. The van der Waals surface area contributed by atoms with Crippen molar-refractivity contribution in [1.29, 1.82) is 0 Å². The fourth-order valence-electron chi connectivity index (χ4n) is 2.41. The summed E-state index contributed by atoms with van der Waals surface area (Å²) in [5.41, 5.74) is 1.23. The molecule has 2 aromatic rings. The van der Waals surface area contributed by atoms with E-state index in [1.807, 2.05) is 43.3 Å². The van der Waals surface area contributed by atoms with Gasteiger partial charge in [0, 0.05) is 0 Å². The second-order valence-corrected chi connectivity index (χ2v) is 6.86. The number of nitrogens with one attached hydrogen (secondary N) is 1. The fourth-order valence-corrected chi connectivity index (χ4v) is 3.30. The molecule has 1 saturated heterocycles. The Hall–Kier alpha value is -2.80. The summed E-state index contributed by atoms with van der Waals surface area (Å²) in [6.45, 7) is 1.87. The van der Waals surface area contributed by atoms with Crippen molar-refractivity contribution in [1.82, 2.24) is 5.32 Å². The zero-order valence-corrected chi connectivity index (χ0v) is 15.1. The van der Waals surface area contributed by atoms with Crippen LogP contribution in [0.4, 0.5) is 18.9 Å². The van der Waals surface area contributed by atoms with Crippen LogP contribution in [-0.4, -0.2) is 11.1 Å². The Kier molecular flexibility index (Phi) is 5.51. The quantitative estimate of drug-likeness (QED) is 0.701. The molecule has 1 aliphatic heterocycles.